The molecule has 1 N–H and O–H groups in total. The van der Waals surface area contributed by atoms with Crippen LogP contribution in [0.2, 0.25) is 5.02 Å². The molecule has 4 nitrogen and oxygen atoms in total. The zero-order chi connectivity index (χ0) is 12.1. The van der Waals surface area contributed by atoms with Crippen molar-refractivity contribution in [2.75, 3.05) is 19.8 Å². The van der Waals surface area contributed by atoms with Gasteiger partial charge >= 0.3 is 0 Å². The van der Waals surface area contributed by atoms with Crippen molar-refractivity contribution in [1.82, 2.24) is 4.98 Å². The molecule has 1 aliphatic heterocycles. The Hall–Kier alpha value is -0.840. The molecule has 0 spiro atoms. The number of aliphatic hydroxyl groups excluding tert-OH is 1. The lowest BCUT2D eigenvalue weighted by Gasteiger charge is -2.21. The van der Waals surface area contributed by atoms with Crippen LogP contribution in [0.15, 0.2) is 12.1 Å². The molecule has 17 heavy (non-hydrogen) atoms. The number of hydrogen-bond donors (Lipinski definition) is 1. The van der Waals surface area contributed by atoms with Gasteiger partial charge in [-0.15, -0.1) is 0 Å². The maximum Gasteiger partial charge on any atom is 0.213 e. The molecule has 5 heteroatoms. The Morgan fingerprint density at radius 2 is 2.18 bits per heavy atom. The van der Waals surface area contributed by atoms with Crippen LogP contribution in [0.4, 0.5) is 0 Å². The van der Waals surface area contributed by atoms with Crippen LogP contribution in [0.1, 0.15) is 18.5 Å². The largest absolute Gasteiger partial charge is 0.477 e. The van der Waals surface area contributed by atoms with Crippen molar-refractivity contribution in [3.8, 4) is 5.88 Å². The molecule has 0 aliphatic carbocycles. The molecule has 0 aromatic carbocycles. The van der Waals surface area contributed by atoms with Gasteiger partial charge in [-0.1, -0.05) is 11.6 Å². The Labute approximate surface area is 106 Å². The van der Waals surface area contributed by atoms with E-state index in [4.69, 9.17) is 26.2 Å². The van der Waals surface area contributed by atoms with Crippen molar-refractivity contribution >= 4 is 11.6 Å². The molecule has 1 aromatic rings. The minimum Gasteiger partial charge on any atom is -0.477 e. The second-order valence-electron chi connectivity index (χ2n) is 4.10. The van der Waals surface area contributed by atoms with E-state index in [9.17, 15) is 0 Å². The van der Waals surface area contributed by atoms with Crippen LogP contribution in [-0.2, 0) is 11.3 Å². The summed E-state index contributed by atoms with van der Waals surface area (Å²) >= 11 is 5.85. The number of nitrogens with zero attached hydrogens (tertiary/aromatic N) is 1. The van der Waals surface area contributed by atoms with E-state index in [1.165, 1.54) is 0 Å². The van der Waals surface area contributed by atoms with Crippen LogP contribution in [0, 0.1) is 5.92 Å². The fraction of sp³-hybridized carbons (Fsp3) is 0.583. The first-order valence-corrected chi connectivity index (χ1v) is 6.14. The molecule has 0 saturated carbocycles. The molecule has 0 amide bonds. The molecule has 2 rings (SSSR count). The SMILES string of the molecule is OCc1nc(OCC2CCOCC2)ccc1Cl. The zero-order valence-corrected chi connectivity index (χ0v) is 10.3. The molecule has 2 heterocycles. The molecule has 1 saturated heterocycles. The van der Waals surface area contributed by atoms with Crippen LogP contribution >= 0.6 is 11.6 Å². The van der Waals surface area contributed by atoms with E-state index in [-0.39, 0.29) is 6.61 Å². The molecule has 0 bridgehead atoms. The first-order valence-electron chi connectivity index (χ1n) is 5.76. The smallest absolute Gasteiger partial charge is 0.213 e. The lowest BCUT2D eigenvalue weighted by atomic mass is 10.0. The maximum atomic E-state index is 9.04. The number of pyridine rings is 1. The van der Waals surface area contributed by atoms with E-state index in [2.05, 4.69) is 4.98 Å². The van der Waals surface area contributed by atoms with E-state index in [0.717, 1.165) is 26.1 Å². The number of ether oxygens (including phenoxy) is 2. The average molecular weight is 258 g/mol. The second-order valence-corrected chi connectivity index (χ2v) is 4.51. The normalized spacial score (nSPS) is 17.1. The maximum absolute atomic E-state index is 9.04. The van der Waals surface area contributed by atoms with Crippen molar-refractivity contribution in [2.24, 2.45) is 5.92 Å². The quantitative estimate of drug-likeness (QED) is 0.897. The molecule has 0 atom stereocenters. The molecule has 0 radical (unpaired) electrons. The second kappa shape index (κ2) is 6.19. The fourth-order valence-corrected chi connectivity index (χ4v) is 1.94. The lowest BCUT2D eigenvalue weighted by molar-refractivity contribution is 0.0490. The van der Waals surface area contributed by atoms with E-state index in [1.54, 1.807) is 12.1 Å². The number of hydrogen-bond acceptors (Lipinski definition) is 4. The molecular weight excluding hydrogens is 242 g/mol. The van der Waals surface area contributed by atoms with Crippen LogP contribution in [0.3, 0.4) is 0 Å². The first-order chi connectivity index (χ1) is 8.29. The number of halogens is 1. The van der Waals surface area contributed by atoms with Crippen molar-refractivity contribution < 1.29 is 14.6 Å². The van der Waals surface area contributed by atoms with Crippen molar-refractivity contribution in [2.45, 2.75) is 19.4 Å². The summed E-state index contributed by atoms with van der Waals surface area (Å²) in [6.45, 7) is 2.09. The van der Waals surface area contributed by atoms with Gasteiger partial charge < -0.3 is 14.6 Å². The minimum absolute atomic E-state index is 0.173. The third-order valence-electron chi connectivity index (χ3n) is 2.85. The van der Waals surface area contributed by atoms with E-state index in [1.807, 2.05) is 0 Å². The van der Waals surface area contributed by atoms with Gasteiger partial charge in [0.1, 0.15) is 0 Å². The van der Waals surface area contributed by atoms with Gasteiger partial charge in [0.15, 0.2) is 0 Å². The molecule has 0 unspecified atom stereocenters. The van der Waals surface area contributed by atoms with Gasteiger partial charge in [-0.25, -0.2) is 4.98 Å². The molecule has 94 valence electrons. The van der Waals surface area contributed by atoms with Crippen molar-refractivity contribution in [3.63, 3.8) is 0 Å². The van der Waals surface area contributed by atoms with Gasteiger partial charge in [-0.05, 0) is 24.8 Å². The summed E-state index contributed by atoms with van der Waals surface area (Å²) in [5, 5.41) is 9.50. The number of rotatable bonds is 4. The third kappa shape index (κ3) is 3.56. The highest BCUT2D eigenvalue weighted by Gasteiger charge is 2.14. The Balaban J connectivity index is 1.89. The highest BCUT2D eigenvalue weighted by Crippen LogP contribution is 2.20. The molecule has 1 fully saturated rings. The van der Waals surface area contributed by atoms with Crippen LogP contribution in [0.5, 0.6) is 5.88 Å². The van der Waals surface area contributed by atoms with Gasteiger partial charge in [0.2, 0.25) is 5.88 Å². The Morgan fingerprint density at radius 3 is 2.88 bits per heavy atom. The summed E-state index contributed by atoms with van der Waals surface area (Å²) in [6.07, 6.45) is 2.06. The van der Waals surface area contributed by atoms with Crippen molar-refractivity contribution in [1.29, 1.82) is 0 Å². The highest BCUT2D eigenvalue weighted by atomic mass is 35.5. The van der Waals surface area contributed by atoms with Crippen molar-refractivity contribution in [3.05, 3.63) is 22.8 Å². The predicted octanol–water partition coefficient (Wildman–Crippen LogP) is 2.03. The topological polar surface area (TPSA) is 51.6 Å². The summed E-state index contributed by atoms with van der Waals surface area (Å²) in [4.78, 5) is 4.14. The summed E-state index contributed by atoms with van der Waals surface area (Å²) in [5.74, 6) is 1.05. The Kier molecular flexibility index (Phi) is 4.59. The standard InChI is InChI=1S/C12H16ClNO3/c13-10-1-2-12(14-11(10)7-15)17-8-9-3-5-16-6-4-9/h1-2,9,15H,3-8H2. The molecule has 1 aliphatic rings. The van der Waals surface area contributed by atoms with E-state index in [0.29, 0.717) is 29.1 Å². The summed E-state index contributed by atoms with van der Waals surface area (Å²) < 4.78 is 10.9. The third-order valence-corrected chi connectivity index (χ3v) is 3.19. The molecular formula is C12H16ClNO3. The Bertz CT molecular complexity index is 367. The highest BCUT2D eigenvalue weighted by molar-refractivity contribution is 6.31. The number of aliphatic hydroxyl groups is 1. The fourth-order valence-electron chi connectivity index (χ4n) is 1.77. The average Bonchev–Trinajstić information content (AvgIpc) is 2.39. The minimum atomic E-state index is -0.173. The molecule has 1 aromatic heterocycles. The van der Waals surface area contributed by atoms with E-state index >= 15 is 0 Å². The predicted molar refractivity (Wildman–Crippen MR) is 64.2 cm³/mol. The van der Waals surface area contributed by atoms with Crippen LogP contribution in [-0.4, -0.2) is 29.9 Å². The summed E-state index contributed by atoms with van der Waals surface area (Å²) in [7, 11) is 0. The monoisotopic (exact) mass is 257 g/mol. The lowest BCUT2D eigenvalue weighted by Crippen LogP contribution is -2.21. The zero-order valence-electron chi connectivity index (χ0n) is 9.56. The van der Waals surface area contributed by atoms with Gasteiger partial charge in [-0.3, -0.25) is 0 Å². The van der Waals surface area contributed by atoms with Gasteiger partial charge in [0.25, 0.3) is 0 Å². The summed E-state index contributed by atoms with van der Waals surface area (Å²) in [5.41, 5.74) is 0.455. The van der Waals surface area contributed by atoms with Crippen LogP contribution < -0.4 is 4.74 Å². The van der Waals surface area contributed by atoms with E-state index < -0.39 is 0 Å². The Morgan fingerprint density at radius 1 is 1.41 bits per heavy atom. The van der Waals surface area contributed by atoms with Gasteiger partial charge in [-0.2, -0.15) is 0 Å². The number of aromatic nitrogens is 1. The van der Waals surface area contributed by atoms with Gasteiger partial charge in [0, 0.05) is 19.3 Å². The first kappa shape index (κ1) is 12.6. The van der Waals surface area contributed by atoms with Crippen LogP contribution in [0.25, 0.3) is 0 Å². The van der Waals surface area contributed by atoms with Gasteiger partial charge in [0.05, 0.1) is 23.9 Å². The summed E-state index contributed by atoms with van der Waals surface area (Å²) in [6, 6.07) is 3.42.